The van der Waals surface area contributed by atoms with Crippen LogP contribution in [0.1, 0.15) is 29.6 Å². The second-order valence-corrected chi connectivity index (χ2v) is 6.76. The van der Waals surface area contributed by atoms with Crippen molar-refractivity contribution in [3.63, 3.8) is 0 Å². The zero-order valence-corrected chi connectivity index (χ0v) is 14.8. The van der Waals surface area contributed by atoms with Crippen LogP contribution < -0.4 is 0 Å². The van der Waals surface area contributed by atoms with Crippen molar-refractivity contribution in [3.8, 4) is 0 Å². The smallest absolute Gasteiger partial charge is 0.328 e. The topological polar surface area (TPSA) is 46.6 Å². The fourth-order valence-electron chi connectivity index (χ4n) is 2.37. The number of likely N-dealkylation sites (tertiary alicyclic amines) is 1. The van der Waals surface area contributed by atoms with Crippen molar-refractivity contribution in [1.82, 2.24) is 4.90 Å². The summed E-state index contributed by atoms with van der Waals surface area (Å²) in [6.45, 7) is 0.594. The molecule has 0 saturated carbocycles. The summed E-state index contributed by atoms with van der Waals surface area (Å²) in [6, 6.07) is 5.14. The molecule has 1 atom stereocenters. The van der Waals surface area contributed by atoms with E-state index in [-0.39, 0.29) is 11.9 Å². The first kappa shape index (κ1) is 15.8. The molecule has 4 nitrogen and oxygen atoms in total. The lowest BCUT2D eigenvalue weighted by molar-refractivity contribution is -0.147. The van der Waals surface area contributed by atoms with Crippen molar-refractivity contribution >= 4 is 50.4 Å². The van der Waals surface area contributed by atoms with E-state index < -0.39 is 6.04 Å². The van der Waals surface area contributed by atoms with Crippen LogP contribution in [0.4, 0.5) is 0 Å². The van der Waals surface area contributed by atoms with Gasteiger partial charge in [0.2, 0.25) is 0 Å². The highest BCUT2D eigenvalue weighted by atomic mass is 127. The number of rotatable bonds is 2. The minimum atomic E-state index is -0.467. The van der Waals surface area contributed by atoms with Crippen LogP contribution in [0.15, 0.2) is 22.7 Å². The van der Waals surface area contributed by atoms with Gasteiger partial charge in [-0.3, -0.25) is 4.79 Å². The maximum Gasteiger partial charge on any atom is 0.328 e. The number of carbonyl (C=O) groups excluding carboxylic acids is 2. The number of amides is 1. The van der Waals surface area contributed by atoms with Gasteiger partial charge >= 0.3 is 5.97 Å². The van der Waals surface area contributed by atoms with Gasteiger partial charge in [0.25, 0.3) is 5.91 Å². The fourth-order valence-corrected chi connectivity index (χ4v) is 3.28. The Balaban J connectivity index is 2.30. The molecule has 2 rings (SSSR count). The Morgan fingerprint density at radius 3 is 2.85 bits per heavy atom. The number of benzene rings is 1. The first-order chi connectivity index (χ1) is 9.54. The van der Waals surface area contributed by atoms with Crippen molar-refractivity contribution in [1.29, 1.82) is 0 Å². The molecule has 0 aromatic heterocycles. The van der Waals surface area contributed by atoms with Gasteiger partial charge in [-0.15, -0.1) is 0 Å². The van der Waals surface area contributed by atoms with E-state index >= 15 is 0 Å². The molecule has 1 saturated heterocycles. The Kier molecular flexibility index (Phi) is 5.42. The van der Waals surface area contributed by atoms with Gasteiger partial charge in [-0.05, 0) is 76.0 Å². The van der Waals surface area contributed by atoms with Crippen molar-refractivity contribution < 1.29 is 14.3 Å². The summed E-state index contributed by atoms with van der Waals surface area (Å²) in [7, 11) is 1.36. The van der Waals surface area contributed by atoms with Gasteiger partial charge in [-0.2, -0.15) is 0 Å². The van der Waals surface area contributed by atoms with Crippen molar-refractivity contribution in [2.75, 3.05) is 13.7 Å². The second-order valence-electron chi connectivity index (χ2n) is 4.66. The Morgan fingerprint density at radius 1 is 1.40 bits per heavy atom. The number of hydrogen-bond donors (Lipinski definition) is 0. The lowest BCUT2D eigenvalue weighted by atomic mass is 10.0. The summed E-state index contributed by atoms with van der Waals surface area (Å²) >= 11 is 5.57. The third-order valence-corrected chi connectivity index (χ3v) is 4.76. The molecule has 1 aromatic carbocycles. The molecule has 1 unspecified atom stereocenters. The lowest BCUT2D eigenvalue weighted by Crippen LogP contribution is -2.48. The van der Waals surface area contributed by atoms with Crippen LogP contribution >= 0.6 is 38.5 Å². The van der Waals surface area contributed by atoms with E-state index in [1.54, 1.807) is 4.90 Å². The average Bonchev–Trinajstić information content (AvgIpc) is 2.48. The molecule has 1 aliphatic rings. The molecule has 0 N–H and O–H groups in total. The summed E-state index contributed by atoms with van der Waals surface area (Å²) in [4.78, 5) is 26.2. The van der Waals surface area contributed by atoms with Crippen molar-refractivity contribution in [3.05, 3.63) is 31.8 Å². The van der Waals surface area contributed by atoms with E-state index in [0.29, 0.717) is 18.5 Å². The minimum Gasteiger partial charge on any atom is -0.467 e. The van der Waals surface area contributed by atoms with Crippen LogP contribution in [-0.4, -0.2) is 36.5 Å². The predicted molar refractivity (Wildman–Crippen MR) is 87.6 cm³/mol. The fraction of sp³-hybridized carbons (Fsp3) is 0.429. The van der Waals surface area contributed by atoms with Crippen LogP contribution in [0.5, 0.6) is 0 Å². The Labute approximate surface area is 140 Å². The van der Waals surface area contributed by atoms with Gasteiger partial charge in [0.1, 0.15) is 6.04 Å². The summed E-state index contributed by atoms with van der Waals surface area (Å²) < 4.78 is 6.55. The predicted octanol–water partition coefficient (Wildman–Crippen LogP) is 3.22. The van der Waals surface area contributed by atoms with Crippen LogP contribution in [-0.2, 0) is 9.53 Å². The number of carbonyl (C=O) groups is 2. The number of hydrogen-bond acceptors (Lipinski definition) is 3. The number of ether oxygens (including phenoxy) is 1. The maximum atomic E-state index is 12.7. The SMILES string of the molecule is COC(=O)C1CCCCN1C(=O)c1cc(I)ccc1Br. The molecular weight excluding hydrogens is 437 g/mol. The molecule has 1 aliphatic heterocycles. The lowest BCUT2D eigenvalue weighted by Gasteiger charge is -2.34. The summed E-state index contributed by atoms with van der Waals surface area (Å²) in [5, 5.41) is 0. The second kappa shape index (κ2) is 6.89. The number of methoxy groups -OCH3 is 1. The van der Waals surface area contributed by atoms with Crippen LogP contribution in [0.3, 0.4) is 0 Å². The largest absolute Gasteiger partial charge is 0.467 e. The summed E-state index contributed by atoms with van der Waals surface area (Å²) in [6.07, 6.45) is 2.53. The number of halogens is 2. The first-order valence-corrected chi connectivity index (χ1v) is 8.25. The Bertz CT molecular complexity index is 535. The first-order valence-electron chi connectivity index (χ1n) is 6.38. The Morgan fingerprint density at radius 2 is 2.15 bits per heavy atom. The van der Waals surface area contributed by atoms with Gasteiger partial charge in [0.05, 0.1) is 12.7 Å². The molecule has 0 bridgehead atoms. The van der Waals surface area contributed by atoms with Crippen molar-refractivity contribution in [2.45, 2.75) is 25.3 Å². The highest BCUT2D eigenvalue weighted by molar-refractivity contribution is 14.1. The summed E-state index contributed by atoms with van der Waals surface area (Å²) in [5.41, 5.74) is 0.590. The van der Waals surface area contributed by atoms with Crippen LogP contribution in [0, 0.1) is 3.57 Å². The third kappa shape index (κ3) is 3.33. The zero-order chi connectivity index (χ0) is 14.7. The molecule has 0 spiro atoms. The average molecular weight is 452 g/mol. The quantitative estimate of drug-likeness (QED) is 0.512. The van der Waals surface area contributed by atoms with Gasteiger partial charge in [-0.25, -0.2) is 4.79 Å². The van der Waals surface area contributed by atoms with Crippen LogP contribution in [0.25, 0.3) is 0 Å². The molecule has 0 aliphatic carbocycles. The monoisotopic (exact) mass is 451 g/mol. The number of nitrogens with zero attached hydrogens (tertiary/aromatic N) is 1. The van der Waals surface area contributed by atoms with Gasteiger partial charge < -0.3 is 9.64 Å². The molecule has 0 radical (unpaired) electrons. The van der Waals surface area contributed by atoms with E-state index in [2.05, 4.69) is 38.5 Å². The van der Waals surface area contributed by atoms with E-state index in [4.69, 9.17) is 4.74 Å². The van der Waals surface area contributed by atoms with E-state index in [9.17, 15) is 9.59 Å². The van der Waals surface area contributed by atoms with E-state index in [1.165, 1.54) is 7.11 Å². The van der Waals surface area contributed by atoms with Gasteiger partial charge in [0, 0.05) is 14.6 Å². The minimum absolute atomic E-state index is 0.120. The molecule has 1 fully saturated rings. The standard InChI is InChI=1S/C14H15BrINO3/c1-20-14(19)12-4-2-3-7-17(12)13(18)10-8-9(16)5-6-11(10)15/h5-6,8,12H,2-4,7H2,1H3. The Hall–Kier alpha value is -0.630. The third-order valence-electron chi connectivity index (χ3n) is 3.40. The normalized spacial score (nSPS) is 18.8. The highest BCUT2D eigenvalue weighted by Gasteiger charge is 2.33. The van der Waals surface area contributed by atoms with Gasteiger partial charge in [0.15, 0.2) is 0 Å². The van der Waals surface area contributed by atoms with Crippen molar-refractivity contribution in [2.24, 2.45) is 0 Å². The molecule has 20 heavy (non-hydrogen) atoms. The van der Waals surface area contributed by atoms with Crippen LogP contribution in [0.2, 0.25) is 0 Å². The molecule has 6 heteroatoms. The molecular formula is C14H15BrINO3. The molecule has 1 amide bonds. The number of piperidine rings is 1. The van der Waals surface area contributed by atoms with E-state index in [0.717, 1.165) is 20.9 Å². The maximum absolute atomic E-state index is 12.7. The number of esters is 1. The molecule has 1 heterocycles. The van der Waals surface area contributed by atoms with E-state index in [1.807, 2.05) is 18.2 Å². The highest BCUT2D eigenvalue weighted by Crippen LogP contribution is 2.25. The zero-order valence-electron chi connectivity index (χ0n) is 11.1. The molecule has 108 valence electrons. The van der Waals surface area contributed by atoms with Gasteiger partial charge in [-0.1, -0.05) is 0 Å². The molecule has 1 aromatic rings. The summed E-state index contributed by atoms with van der Waals surface area (Å²) in [5.74, 6) is -0.453.